The van der Waals surface area contributed by atoms with Gasteiger partial charge in [0.1, 0.15) is 12.4 Å². The van der Waals surface area contributed by atoms with Crippen LogP contribution in [0.2, 0.25) is 0 Å². The van der Waals surface area contributed by atoms with Gasteiger partial charge in [-0.2, -0.15) is 0 Å². The van der Waals surface area contributed by atoms with Crippen molar-refractivity contribution >= 4 is 11.7 Å². The lowest BCUT2D eigenvalue weighted by Gasteiger charge is -2.18. The predicted molar refractivity (Wildman–Crippen MR) is 105 cm³/mol. The van der Waals surface area contributed by atoms with Crippen molar-refractivity contribution in [3.8, 4) is 5.75 Å². The number of nitrogens with zero attached hydrogens (tertiary/aromatic N) is 1. The van der Waals surface area contributed by atoms with Crippen LogP contribution < -0.4 is 10.1 Å². The summed E-state index contributed by atoms with van der Waals surface area (Å²) in [5.41, 5.74) is 2.06. The van der Waals surface area contributed by atoms with Gasteiger partial charge in [-0.3, -0.25) is 0 Å². The molecule has 0 unspecified atom stereocenters. The molecule has 2 amide bonds. The second-order valence-corrected chi connectivity index (χ2v) is 7.25. The first-order valence-electron chi connectivity index (χ1n) is 9.73. The van der Waals surface area contributed by atoms with E-state index in [9.17, 15) is 4.79 Å². The number of benzene rings is 2. The Hall–Kier alpha value is -2.53. The van der Waals surface area contributed by atoms with Crippen molar-refractivity contribution < 1.29 is 14.3 Å². The maximum atomic E-state index is 12.6. The standard InChI is InChI=1S/C22H26N2O3/c25-22(24-12-11-18(15-24)17-6-2-1-3-7-17)23-19-8-4-9-20(14-19)27-16-21-10-5-13-26-21/h1-4,6-9,14,18,21H,5,10-13,15-16H2,(H,23,25)/t18-,21-/m0/s1. The first-order valence-corrected chi connectivity index (χ1v) is 9.73. The van der Waals surface area contributed by atoms with E-state index in [1.165, 1.54) is 5.56 Å². The fourth-order valence-corrected chi connectivity index (χ4v) is 3.77. The molecular formula is C22H26N2O3. The summed E-state index contributed by atoms with van der Waals surface area (Å²) >= 11 is 0. The van der Waals surface area contributed by atoms with Gasteiger partial charge in [-0.15, -0.1) is 0 Å². The van der Waals surface area contributed by atoms with Crippen molar-refractivity contribution in [2.45, 2.75) is 31.3 Å². The highest BCUT2D eigenvalue weighted by molar-refractivity contribution is 5.89. The van der Waals surface area contributed by atoms with Crippen LogP contribution in [0.3, 0.4) is 0 Å². The van der Waals surface area contributed by atoms with Crippen LogP contribution in [0.1, 0.15) is 30.7 Å². The van der Waals surface area contributed by atoms with Gasteiger partial charge in [-0.25, -0.2) is 4.79 Å². The van der Waals surface area contributed by atoms with Crippen molar-refractivity contribution in [1.82, 2.24) is 4.90 Å². The Morgan fingerprint density at radius 1 is 1.15 bits per heavy atom. The van der Waals surface area contributed by atoms with Crippen LogP contribution in [0.5, 0.6) is 5.75 Å². The number of hydrogen-bond donors (Lipinski definition) is 1. The van der Waals surface area contributed by atoms with Gasteiger partial charge in [0.2, 0.25) is 0 Å². The van der Waals surface area contributed by atoms with E-state index in [2.05, 4.69) is 29.6 Å². The molecule has 5 heteroatoms. The second kappa shape index (κ2) is 8.44. The van der Waals surface area contributed by atoms with Crippen molar-refractivity contribution in [3.63, 3.8) is 0 Å². The quantitative estimate of drug-likeness (QED) is 0.860. The van der Waals surface area contributed by atoms with Gasteiger partial charge >= 0.3 is 6.03 Å². The maximum absolute atomic E-state index is 12.6. The smallest absolute Gasteiger partial charge is 0.321 e. The normalized spacial score (nSPS) is 22.0. The van der Waals surface area contributed by atoms with Crippen molar-refractivity contribution in [3.05, 3.63) is 60.2 Å². The highest BCUT2D eigenvalue weighted by Gasteiger charge is 2.27. The molecule has 2 aromatic carbocycles. The van der Waals surface area contributed by atoms with Crippen LogP contribution >= 0.6 is 0 Å². The molecule has 142 valence electrons. The molecule has 4 rings (SSSR count). The van der Waals surface area contributed by atoms with Crippen molar-refractivity contribution in [2.75, 3.05) is 31.6 Å². The third-order valence-electron chi connectivity index (χ3n) is 5.29. The third-order valence-corrected chi connectivity index (χ3v) is 5.29. The van der Waals surface area contributed by atoms with E-state index in [1.54, 1.807) is 0 Å². The Labute approximate surface area is 160 Å². The zero-order chi connectivity index (χ0) is 18.5. The Kier molecular flexibility index (Phi) is 5.58. The van der Waals surface area contributed by atoms with E-state index >= 15 is 0 Å². The molecule has 2 saturated heterocycles. The average Bonchev–Trinajstić information content (AvgIpc) is 3.39. The number of hydrogen-bond acceptors (Lipinski definition) is 3. The number of urea groups is 1. The number of rotatable bonds is 5. The monoisotopic (exact) mass is 366 g/mol. The fourth-order valence-electron chi connectivity index (χ4n) is 3.77. The van der Waals surface area contributed by atoms with Crippen LogP contribution in [0.25, 0.3) is 0 Å². The molecule has 5 nitrogen and oxygen atoms in total. The van der Waals surface area contributed by atoms with Crippen LogP contribution in [0.15, 0.2) is 54.6 Å². The summed E-state index contributed by atoms with van der Waals surface area (Å²) < 4.78 is 11.4. The number of carbonyl (C=O) groups excluding carboxylic acids is 1. The largest absolute Gasteiger partial charge is 0.491 e. The van der Waals surface area contributed by atoms with Crippen LogP contribution in [-0.2, 0) is 4.74 Å². The number of carbonyl (C=O) groups is 1. The van der Waals surface area contributed by atoms with Gasteiger partial charge in [0, 0.05) is 37.4 Å². The molecule has 2 heterocycles. The van der Waals surface area contributed by atoms with E-state index in [0.29, 0.717) is 12.5 Å². The lowest BCUT2D eigenvalue weighted by molar-refractivity contribution is 0.0680. The van der Waals surface area contributed by atoms with E-state index in [0.717, 1.165) is 50.4 Å². The topological polar surface area (TPSA) is 50.8 Å². The van der Waals surface area contributed by atoms with Gasteiger partial charge < -0.3 is 19.7 Å². The summed E-state index contributed by atoms with van der Waals surface area (Å²) in [7, 11) is 0. The highest BCUT2D eigenvalue weighted by Crippen LogP contribution is 2.27. The van der Waals surface area contributed by atoms with Gasteiger partial charge in [-0.05, 0) is 37.0 Å². The Bertz CT molecular complexity index is 759. The van der Waals surface area contributed by atoms with Crippen molar-refractivity contribution in [1.29, 1.82) is 0 Å². The summed E-state index contributed by atoms with van der Waals surface area (Å²) in [5.74, 6) is 1.17. The predicted octanol–water partition coefficient (Wildman–Crippen LogP) is 4.27. The summed E-state index contributed by atoms with van der Waals surface area (Å²) in [6.45, 7) is 2.91. The summed E-state index contributed by atoms with van der Waals surface area (Å²) in [5, 5.41) is 3.00. The lowest BCUT2D eigenvalue weighted by Crippen LogP contribution is -2.32. The first-order chi connectivity index (χ1) is 13.3. The van der Waals surface area contributed by atoms with E-state index < -0.39 is 0 Å². The fraction of sp³-hybridized carbons (Fsp3) is 0.409. The minimum atomic E-state index is -0.0512. The Morgan fingerprint density at radius 3 is 2.85 bits per heavy atom. The number of anilines is 1. The highest BCUT2D eigenvalue weighted by atomic mass is 16.5. The third kappa shape index (κ3) is 4.61. The van der Waals surface area contributed by atoms with E-state index in [4.69, 9.17) is 9.47 Å². The lowest BCUT2D eigenvalue weighted by atomic mass is 9.99. The number of likely N-dealkylation sites (tertiary alicyclic amines) is 1. The summed E-state index contributed by atoms with van der Waals surface area (Å²) in [6, 6.07) is 17.9. The molecule has 27 heavy (non-hydrogen) atoms. The molecule has 2 fully saturated rings. The summed E-state index contributed by atoms with van der Waals surface area (Å²) in [6.07, 6.45) is 3.34. The molecule has 0 aliphatic carbocycles. The first kappa shape index (κ1) is 17.9. The SMILES string of the molecule is O=C(Nc1cccc(OC[C@@H]2CCCO2)c1)N1CC[C@H](c2ccccc2)C1. The molecule has 2 aliphatic rings. The van der Waals surface area contributed by atoms with E-state index in [-0.39, 0.29) is 12.1 Å². The van der Waals surface area contributed by atoms with Gasteiger partial charge in [0.25, 0.3) is 0 Å². The number of nitrogens with one attached hydrogen (secondary N) is 1. The van der Waals surface area contributed by atoms with Crippen LogP contribution in [0.4, 0.5) is 10.5 Å². The Balaban J connectivity index is 1.31. The molecule has 2 aliphatic heterocycles. The Morgan fingerprint density at radius 2 is 2.04 bits per heavy atom. The van der Waals surface area contributed by atoms with Gasteiger partial charge in [0.15, 0.2) is 0 Å². The van der Waals surface area contributed by atoms with Crippen LogP contribution in [0, 0.1) is 0 Å². The molecule has 0 spiro atoms. The number of amides is 2. The molecular weight excluding hydrogens is 340 g/mol. The minimum Gasteiger partial charge on any atom is -0.491 e. The van der Waals surface area contributed by atoms with Gasteiger partial charge in [-0.1, -0.05) is 36.4 Å². The molecule has 0 aromatic heterocycles. The zero-order valence-electron chi connectivity index (χ0n) is 15.5. The van der Waals surface area contributed by atoms with Gasteiger partial charge in [0.05, 0.1) is 6.10 Å². The molecule has 2 atom stereocenters. The molecule has 1 N–H and O–H groups in total. The average molecular weight is 366 g/mol. The molecule has 2 aromatic rings. The summed E-state index contributed by atoms with van der Waals surface area (Å²) in [4.78, 5) is 14.5. The molecule has 0 bridgehead atoms. The molecule has 0 radical (unpaired) electrons. The second-order valence-electron chi connectivity index (χ2n) is 7.25. The molecule has 0 saturated carbocycles. The van der Waals surface area contributed by atoms with E-state index in [1.807, 2.05) is 35.2 Å². The number of ether oxygens (including phenoxy) is 2. The van der Waals surface area contributed by atoms with Crippen molar-refractivity contribution in [2.24, 2.45) is 0 Å². The van der Waals surface area contributed by atoms with Crippen LogP contribution in [-0.4, -0.2) is 43.3 Å². The zero-order valence-corrected chi connectivity index (χ0v) is 15.5. The maximum Gasteiger partial charge on any atom is 0.321 e. The minimum absolute atomic E-state index is 0.0512.